The molecule has 0 aromatic carbocycles. The van der Waals surface area contributed by atoms with Gasteiger partial charge in [0.25, 0.3) is 0 Å². The minimum atomic E-state index is 0.275. The minimum Gasteiger partial charge on any atom is -0.378 e. The number of nitrogens with one attached hydrogen (secondary N) is 1. The SMILES string of the molecule is CC1CC(Nc2nc(N)nc(N3CCCCC3)n2)CCO1. The second-order valence-corrected chi connectivity index (χ2v) is 5.91. The fourth-order valence-electron chi connectivity index (χ4n) is 2.99. The summed E-state index contributed by atoms with van der Waals surface area (Å²) in [5.74, 6) is 1.57. The molecule has 0 radical (unpaired) electrons. The van der Waals surface area contributed by atoms with Crippen LogP contribution in [0.2, 0.25) is 0 Å². The number of anilines is 3. The molecule has 21 heavy (non-hydrogen) atoms. The smallest absolute Gasteiger partial charge is 0.231 e. The molecule has 2 aliphatic heterocycles. The van der Waals surface area contributed by atoms with Gasteiger partial charge in [-0.2, -0.15) is 15.0 Å². The maximum atomic E-state index is 5.84. The summed E-state index contributed by atoms with van der Waals surface area (Å²) in [5, 5.41) is 3.38. The molecule has 0 bridgehead atoms. The molecule has 1 aromatic rings. The van der Waals surface area contributed by atoms with Gasteiger partial charge in [-0.1, -0.05) is 0 Å². The van der Waals surface area contributed by atoms with Crippen LogP contribution in [0.4, 0.5) is 17.8 Å². The highest BCUT2D eigenvalue weighted by Gasteiger charge is 2.21. The van der Waals surface area contributed by atoms with E-state index in [2.05, 4.69) is 32.1 Å². The van der Waals surface area contributed by atoms with Gasteiger partial charge in [0.2, 0.25) is 17.8 Å². The Morgan fingerprint density at radius 2 is 2.00 bits per heavy atom. The van der Waals surface area contributed by atoms with Gasteiger partial charge in [-0.15, -0.1) is 0 Å². The fraction of sp³-hybridized carbons (Fsp3) is 0.786. The van der Waals surface area contributed by atoms with Gasteiger partial charge in [-0.05, 0) is 39.0 Å². The Kier molecular flexibility index (Phi) is 4.38. The lowest BCUT2D eigenvalue weighted by atomic mass is 10.0. The van der Waals surface area contributed by atoms with Crippen molar-refractivity contribution < 1.29 is 4.74 Å². The third-order valence-corrected chi connectivity index (χ3v) is 4.10. The molecule has 2 unspecified atom stereocenters. The third-order valence-electron chi connectivity index (χ3n) is 4.10. The first-order valence-electron chi connectivity index (χ1n) is 7.85. The van der Waals surface area contributed by atoms with E-state index in [1.165, 1.54) is 19.3 Å². The number of nitrogens with zero attached hydrogens (tertiary/aromatic N) is 4. The molecule has 0 amide bonds. The molecule has 7 nitrogen and oxygen atoms in total. The Labute approximate surface area is 125 Å². The predicted octanol–water partition coefficient (Wildman–Crippen LogP) is 1.42. The van der Waals surface area contributed by atoms with Gasteiger partial charge in [-0.3, -0.25) is 0 Å². The summed E-state index contributed by atoms with van der Waals surface area (Å²) in [5.41, 5.74) is 5.84. The molecule has 1 aromatic heterocycles. The van der Waals surface area contributed by atoms with E-state index in [1.54, 1.807) is 0 Å². The summed E-state index contributed by atoms with van der Waals surface area (Å²) < 4.78 is 5.56. The van der Waals surface area contributed by atoms with Gasteiger partial charge in [-0.25, -0.2) is 0 Å². The summed E-state index contributed by atoms with van der Waals surface area (Å²) >= 11 is 0. The average molecular weight is 292 g/mol. The zero-order chi connectivity index (χ0) is 14.7. The molecule has 116 valence electrons. The number of hydrogen-bond acceptors (Lipinski definition) is 7. The van der Waals surface area contributed by atoms with E-state index in [0.29, 0.717) is 17.9 Å². The topological polar surface area (TPSA) is 89.2 Å². The van der Waals surface area contributed by atoms with E-state index in [9.17, 15) is 0 Å². The van der Waals surface area contributed by atoms with Crippen molar-refractivity contribution in [1.82, 2.24) is 15.0 Å². The fourth-order valence-corrected chi connectivity index (χ4v) is 2.99. The first-order chi connectivity index (χ1) is 10.2. The number of hydrogen-bond donors (Lipinski definition) is 2. The molecule has 0 saturated carbocycles. The maximum Gasteiger partial charge on any atom is 0.231 e. The van der Waals surface area contributed by atoms with Crippen molar-refractivity contribution in [2.75, 3.05) is 35.6 Å². The van der Waals surface area contributed by atoms with E-state index >= 15 is 0 Å². The quantitative estimate of drug-likeness (QED) is 0.871. The van der Waals surface area contributed by atoms with Crippen LogP contribution < -0.4 is 16.0 Å². The van der Waals surface area contributed by atoms with Crippen LogP contribution in [0.1, 0.15) is 39.0 Å². The monoisotopic (exact) mass is 292 g/mol. The highest BCUT2D eigenvalue weighted by Crippen LogP contribution is 2.20. The second kappa shape index (κ2) is 6.43. The van der Waals surface area contributed by atoms with Gasteiger partial charge >= 0.3 is 0 Å². The van der Waals surface area contributed by atoms with Crippen LogP contribution in [0, 0.1) is 0 Å². The van der Waals surface area contributed by atoms with Gasteiger partial charge < -0.3 is 20.7 Å². The predicted molar refractivity (Wildman–Crippen MR) is 82.4 cm³/mol. The normalized spacial score (nSPS) is 26.6. The molecule has 0 aliphatic carbocycles. The van der Waals surface area contributed by atoms with Crippen LogP contribution in [-0.4, -0.2) is 46.8 Å². The Morgan fingerprint density at radius 1 is 1.19 bits per heavy atom. The van der Waals surface area contributed by atoms with Crippen molar-refractivity contribution in [2.45, 2.75) is 51.2 Å². The van der Waals surface area contributed by atoms with Gasteiger partial charge in [0.05, 0.1) is 6.10 Å². The first-order valence-corrected chi connectivity index (χ1v) is 7.85. The van der Waals surface area contributed by atoms with E-state index in [0.717, 1.165) is 32.5 Å². The largest absolute Gasteiger partial charge is 0.378 e. The third kappa shape index (κ3) is 3.72. The molecule has 3 rings (SSSR count). The minimum absolute atomic E-state index is 0.275. The van der Waals surface area contributed by atoms with Crippen LogP contribution in [-0.2, 0) is 4.74 Å². The van der Waals surface area contributed by atoms with Crippen LogP contribution >= 0.6 is 0 Å². The number of piperidine rings is 1. The number of ether oxygens (including phenoxy) is 1. The molecule has 7 heteroatoms. The molecular weight excluding hydrogens is 268 g/mol. The van der Waals surface area contributed by atoms with Crippen LogP contribution in [0.5, 0.6) is 0 Å². The summed E-state index contributed by atoms with van der Waals surface area (Å²) in [6.07, 6.45) is 5.86. The molecule has 2 atom stereocenters. The van der Waals surface area contributed by atoms with Gasteiger partial charge in [0.15, 0.2) is 0 Å². The van der Waals surface area contributed by atoms with E-state index < -0.39 is 0 Å². The highest BCUT2D eigenvalue weighted by molar-refractivity contribution is 5.42. The van der Waals surface area contributed by atoms with E-state index in [1.807, 2.05) is 0 Å². The lowest BCUT2D eigenvalue weighted by Gasteiger charge is -2.29. The lowest BCUT2D eigenvalue weighted by Crippen LogP contribution is -2.34. The summed E-state index contributed by atoms with van der Waals surface area (Å²) in [7, 11) is 0. The highest BCUT2D eigenvalue weighted by atomic mass is 16.5. The number of rotatable bonds is 3. The Hall–Kier alpha value is -1.63. The van der Waals surface area contributed by atoms with Crippen molar-refractivity contribution >= 4 is 17.8 Å². The Morgan fingerprint density at radius 3 is 2.76 bits per heavy atom. The van der Waals surface area contributed by atoms with Gasteiger partial charge in [0, 0.05) is 25.7 Å². The second-order valence-electron chi connectivity index (χ2n) is 5.91. The molecule has 3 heterocycles. The maximum absolute atomic E-state index is 5.84. The molecule has 2 fully saturated rings. The summed E-state index contributed by atoms with van der Waals surface area (Å²) in [6.45, 7) is 4.86. The van der Waals surface area contributed by atoms with Crippen molar-refractivity contribution in [3.05, 3.63) is 0 Å². The first kappa shape index (κ1) is 14.3. The number of nitrogen functional groups attached to an aromatic ring is 1. The number of nitrogens with two attached hydrogens (primary N) is 1. The molecule has 2 saturated heterocycles. The Balaban J connectivity index is 1.71. The summed E-state index contributed by atoms with van der Waals surface area (Å²) in [6, 6.07) is 0.338. The molecule has 0 spiro atoms. The van der Waals surface area contributed by atoms with Crippen molar-refractivity contribution in [2.24, 2.45) is 0 Å². The van der Waals surface area contributed by atoms with Crippen molar-refractivity contribution in [3.63, 3.8) is 0 Å². The van der Waals surface area contributed by atoms with Crippen molar-refractivity contribution in [1.29, 1.82) is 0 Å². The molecular formula is C14H24N6O. The van der Waals surface area contributed by atoms with Crippen LogP contribution in [0.25, 0.3) is 0 Å². The van der Waals surface area contributed by atoms with E-state index in [4.69, 9.17) is 10.5 Å². The van der Waals surface area contributed by atoms with Gasteiger partial charge in [0.1, 0.15) is 0 Å². The molecule has 2 aliphatic rings. The zero-order valence-electron chi connectivity index (χ0n) is 12.6. The average Bonchev–Trinajstić information content (AvgIpc) is 2.47. The van der Waals surface area contributed by atoms with E-state index in [-0.39, 0.29) is 12.1 Å². The Bertz CT molecular complexity index is 477. The molecule has 3 N–H and O–H groups in total. The van der Waals surface area contributed by atoms with Crippen LogP contribution in [0.15, 0.2) is 0 Å². The summed E-state index contributed by atoms with van der Waals surface area (Å²) in [4.78, 5) is 15.2. The number of aromatic nitrogens is 3. The zero-order valence-corrected chi connectivity index (χ0v) is 12.6. The van der Waals surface area contributed by atoms with Crippen molar-refractivity contribution in [3.8, 4) is 0 Å². The lowest BCUT2D eigenvalue weighted by molar-refractivity contribution is 0.0231. The van der Waals surface area contributed by atoms with Crippen LogP contribution in [0.3, 0.4) is 0 Å². The standard InChI is InChI=1S/C14H24N6O/c1-10-9-11(5-8-21-10)16-13-17-12(15)18-14(19-13)20-6-3-2-4-7-20/h10-11H,2-9H2,1H3,(H3,15,16,17,18,19).